The normalized spacial score (nSPS) is 10.6. The van der Waals surface area contributed by atoms with Crippen LogP contribution in [-0.4, -0.2) is 4.98 Å². The monoisotopic (exact) mass is 181 g/mol. The van der Waals surface area contributed by atoms with Gasteiger partial charge in [-0.1, -0.05) is 11.6 Å². The number of nitrogens with zero attached hydrogens (tertiary/aromatic N) is 1. The largest absolute Gasteiger partial charge is 0.266 e. The first kappa shape index (κ1) is 8.33. The molecule has 1 aromatic rings. The molecule has 0 aliphatic carbocycles. The first-order chi connectivity index (χ1) is 5.13. The van der Waals surface area contributed by atoms with Crippen LogP contribution in [0.25, 0.3) is 0 Å². The molecule has 0 saturated heterocycles. The summed E-state index contributed by atoms with van der Waals surface area (Å²) in [7, 11) is 0. The highest BCUT2D eigenvalue weighted by atomic mass is 35.5. The van der Waals surface area contributed by atoms with Gasteiger partial charge in [0.05, 0.1) is 16.8 Å². The van der Waals surface area contributed by atoms with Gasteiger partial charge in [-0.15, -0.1) is 0 Å². The molecular weight excluding hydrogens is 179 g/mol. The Morgan fingerprint density at radius 2 is 2.00 bits per heavy atom. The minimum Gasteiger partial charge on any atom is -0.261 e. The van der Waals surface area contributed by atoms with Gasteiger partial charge in [0.25, 0.3) is 6.43 Å². The second-order valence-corrected chi connectivity index (χ2v) is 2.20. The maximum atomic E-state index is 12.4. The van der Waals surface area contributed by atoms with Gasteiger partial charge in [0.15, 0.2) is 5.82 Å². The van der Waals surface area contributed by atoms with Crippen molar-refractivity contribution in [3.63, 3.8) is 0 Å². The Balaban J connectivity index is 3.17. The van der Waals surface area contributed by atoms with Gasteiger partial charge in [0, 0.05) is 6.20 Å². The smallest absolute Gasteiger partial charge is 0.261 e. The van der Waals surface area contributed by atoms with E-state index in [-0.39, 0.29) is 0 Å². The fourth-order valence-corrected chi connectivity index (χ4v) is 0.766. The Kier molecular flexibility index (Phi) is 2.34. The first-order valence-corrected chi connectivity index (χ1v) is 3.07. The van der Waals surface area contributed by atoms with Crippen LogP contribution in [0.15, 0.2) is 12.4 Å². The fraction of sp³-hybridized carbons (Fsp3) is 0.167. The predicted molar refractivity (Wildman–Crippen MR) is 34.2 cm³/mol. The van der Waals surface area contributed by atoms with Crippen LogP contribution in [0.4, 0.5) is 13.2 Å². The van der Waals surface area contributed by atoms with Crippen LogP contribution in [0, 0.1) is 5.82 Å². The van der Waals surface area contributed by atoms with Crippen molar-refractivity contribution in [1.29, 1.82) is 0 Å². The fourth-order valence-electron chi connectivity index (χ4n) is 0.586. The van der Waals surface area contributed by atoms with Gasteiger partial charge in [-0.25, -0.2) is 13.2 Å². The van der Waals surface area contributed by atoms with Crippen LogP contribution in [-0.2, 0) is 0 Å². The lowest BCUT2D eigenvalue weighted by atomic mass is 10.3. The molecule has 1 rings (SSSR count). The van der Waals surface area contributed by atoms with Crippen molar-refractivity contribution in [1.82, 2.24) is 4.98 Å². The summed E-state index contributed by atoms with van der Waals surface area (Å²) in [6.45, 7) is 0. The Morgan fingerprint density at radius 3 is 2.45 bits per heavy atom. The molecule has 0 N–H and O–H groups in total. The van der Waals surface area contributed by atoms with E-state index in [2.05, 4.69) is 4.98 Å². The van der Waals surface area contributed by atoms with E-state index < -0.39 is 22.8 Å². The molecular formula is C6H3ClF3N. The van der Waals surface area contributed by atoms with E-state index in [1.54, 1.807) is 0 Å². The molecule has 0 fully saturated rings. The zero-order chi connectivity index (χ0) is 8.43. The van der Waals surface area contributed by atoms with Gasteiger partial charge in [-0.2, -0.15) is 0 Å². The summed E-state index contributed by atoms with van der Waals surface area (Å²) >= 11 is 5.19. The van der Waals surface area contributed by atoms with E-state index in [9.17, 15) is 13.2 Å². The highest BCUT2D eigenvalue weighted by Crippen LogP contribution is 2.27. The van der Waals surface area contributed by atoms with Crippen molar-refractivity contribution < 1.29 is 13.2 Å². The maximum Gasteiger partial charge on any atom is 0.266 e. The summed E-state index contributed by atoms with van der Waals surface area (Å²) in [5.74, 6) is -0.926. The van der Waals surface area contributed by atoms with Crippen LogP contribution >= 0.6 is 11.6 Å². The summed E-state index contributed by atoms with van der Waals surface area (Å²) in [5, 5.41) is -0.560. The quantitative estimate of drug-likeness (QED) is 0.649. The zero-order valence-corrected chi connectivity index (χ0v) is 5.95. The molecule has 1 aromatic heterocycles. The summed E-state index contributed by atoms with van der Waals surface area (Å²) < 4.78 is 36.2. The molecule has 0 radical (unpaired) electrons. The number of pyridine rings is 1. The summed E-state index contributed by atoms with van der Waals surface area (Å²) in [4.78, 5) is 3.23. The molecule has 0 bridgehead atoms. The standard InChI is InChI=1S/C6H3ClF3N/c7-5-3(6(9)10)1-11-2-4(5)8/h1-2,6H. The molecule has 1 heterocycles. The minimum absolute atomic E-state index is 0.560. The third-order valence-corrected chi connectivity index (χ3v) is 1.50. The lowest BCUT2D eigenvalue weighted by molar-refractivity contribution is 0.150. The number of hydrogen-bond acceptors (Lipinski definition) is 1. The Hall–Kier alpha value is -0.770. The van der Waals surface area contributed by atoms with Gasteiger partial charge in [-0.3, -0.25) is 4.98 Å². The number of halogens is 4. The summed E-state index contributed by atoms with van der Waals surface area (Å²) in [6, 6.07) is 0. The van der Waals surface area contributed by atoms with Crippen molar-refractivity contribution >= 4 is 11.6 Å². The average Bonchev–Trinajstić information content (AvgIpc) is 1.94. The molecule has 5 heteroatoms. The van der Waals surface area contributed by atoms with Gasteiger partial charge in [0.2, 0.25) is 0 Å². The lowest BCUT2D eigenvalue weighted by Gasteiger charge is -2.00. The van der Waals surface area contributed by atoms with E-state index in [4.69, 9.17) is 11.6 Å². The lowest BCUT2D eigenvalue weighted by Crippen LogP contribution is -1.90. The molecule has 11 heavy (non-hydrogen) atoms. The number of alkyl halides is 2. The number of hydrogen-bond donors (Lipinski definition) is 0. The zero-order valence-electron chi connectivity index (χ0n) is 5.19. The number of rotatable bonds is 1. The van der Waals surface area contributed by atoms with E-state index in [1.807, 2.05) is 0 Å². The van der Waals surface area contributed by atoms with Crippen molar-refractivity contribution in [2.45, 2.75) is 6.43 Å². The maximum absolute atomic E-state index is 12.4. The molecule has 0 spiro atoms. The van der Waals surface area contributed by atoms with E-state index in [0.29, 0.717) is 0 Å². The molecule has 60 valence electrons. The third-order valence-electron chi connectivity index (χ3n) is 1.10. The van der Waals surface area contributed by atoms with Crippen LogP contribution in [0.1, 0.15) is 12.0 Å². The summed E-state index contributed by atoms with van der Waals surface area (Å²) in [6.07, 6.45) is -1.16. The van der Waals surface area contributed by atoms with Gasteiger partial charge >= 0.3 is 0 Å². The Morgan fingerprint density at radius 1 is 1.36 bits per heavy atom. The molecule has 1 nitrogen and oxygen atoms in total. The molecule has 0 aromatic carbocycles. The van der Waals surface area contributed by atoms with E-state index >= 15 is 0 Å². The highest BCUT2D eigenvalue weighted by Gasteiger charge is 2.14. The van der Waals surface area contributed by atoms with Gasteiger partial charge in [-0.05, 0) is 0 Å². The van der Waals surface area contributed by atoms with E-state index in [1.165, 1.54) is 0 Å². The first-order valence-electron chi connectivity index (χ1n) is 2.70. The molecule has 0 amide bonds. The van der Waals surface area contributed by atoms with Crippen molar-refractivity contribution in [3.05, 3.63) is 28.8 Å². The van der Waals surface area contributed by atoms with E-state index in [0.717, 1.165) is 12.4 Å². The average molecular weight is 182 g/mol. The minimum atomic E-state index is -2.79. The molecule has 0 unspecified atom stereocenters. The molecule has 0 atom stereocenters. The van der Waals surface area contributed by atoms with Crippen molar-refractivity contribution in [2.24, 2.45) is 0 Å². The third kappa shape index (κ3) is 1.63. The van der Waals surface area contributed by atoms with Crippen LogP contribution in [0.3, 0.4) is 0 Å². The van der Waals surface area contributed by atoms with Crippen molar-refractivity contribution in [3.8, 4) is 0 Å². The molecule has 0 saturated carbocycles. The van der Waals surface area contributed by atoms with Crippen LogP contribution in [0.5, 0.6) is 0 Å². The van der Waals surface area contributed by atoms with Gasteiger partial charge in [0.1, 0.15) is 0 Å². The van der Waals surface area contributed by atoms with Crippen LogP contribution in [0.2, 0.25) is 5.02 Å². The Bertz CT molecular complexity index is 264. The molecule has 0 aliphatic heterocycles. The summed E-state index contributed by atoms with van der Waals surface area (Å²) in [5.41, 5.74) is -0.577. The topological polar surface area (TPSA) is 12.9 Å². The molecule has 0 aliphatic rings. The van der Waals surface area contributed by atoms with Gasteiger partial charge < -0.3 is 0 Å². The SMILES string of the molecule is Fc1cncc(C(F)F)c1Cl. The highest BCUT2D eigenvalue weighted by molar-refractivity contribution is 6.31. The second kappa shape index (κ2) is 3.09. The van der Waals surface area contributed by atoms with Crippen molar-refractivity contribution in [2.75, 3.05) is 0 Å². The Labute approximate surface area is 65.8 Å². The van der Waals surface area contributed by atoms with Crippen LogP contribution < -0.4 is 0 Å². The number of aromatic nitrogens is 1. The predicted octanol–water partition coefficient (Wildman–Crippen LogP) is 2.81. The second-order valence-electron chi connectivity index (χ2n) is 1.83.